The highest BCUT2D eigenvalue weighted by Gasteiger charge is 2.32. The molecule has 0 radical (unpaired) electrons. The summed E-state index contributed by atoms with van der Waals surface area (Å²) in [5, 5.41) is 0. The molecule has 0 atom stereocenters. The van der Waals surface area contributed by atoms with Crippen LogP contribution in [0.3, 0.4) is 0 Å². The molecule has 0 aliphatic heterocycles. The molecule has 2 aromatic rings. The second kappa shape index (κ2) is 7.92. The third kappa shape index (κ3) is 5.51. The zero-order valence-electron chi connectivity index (χ0n) is 16.6. The molecule has 0 saturated heterocycles. The molecule has 1 aromatic heterocycles. The second-order valence-electron chi connectivity index (χ2n) is 7.76. The molecule has 0 bridgehead atoms. The SMILES string of the molecule is Cn1c(C(C)(C)C)cc(=NC(=O)c2cc(C(F)(F)F)ccc2F)n1CCC(F)(F)F. The maximum Gasteiger partial charge on any atom is 0.416 e. The van der Waals surface area contributed by atoms with Gasteiger partial charge >= 0.3 is 12.4 Å². The van der Waals surface area contributed by atoms with Crippen LogP contribution >= 0.6 is 0 Å². The fraction of sp³-hybridized carbons (Fsp3) is 0.474. The number of nitrogens with zero attached hydrogens (tertiary/aromatic N) is 3. The Labute approximate surface area is 167 Å². The van der Waals surface area contributed by atoms with Gasteiger partial charge in [0.15, 0.2) is 5.49 Å². The van der Waals surface area contributed by atoms with E-state index in [0.29, 0.717) is 23.9 Å². The van der Waals surface area contributed by atoms with Crippen LogP contribution in [0.25, 0.3) is 0 Å². The first-order chi connectivity index (χ1) is 13.5. The van der Waals surface area contributed by atoms with Crippen LogP contribution in [0.2, 0.25) is 0 Å². The van der Waals surface area contributed by atoms with Gasteiger partial charge in [-0.3, -0.25) is 14.2 Å². The minimum atomic E-state index is -4.80. The Balaban J connectivity index is 2.61. The van der Waals surface area contributed by atoms with Gasteiger partial charge in [-0.2, -0.15) is 31.3 Å². The van der Waals surface area contributed by atoms with Crippen molar-refractivity contribution in [3.63, 3.8) is 0 Å². The van der Waals surface area contributed by atoms with Crippen molar-refractivity contribution < 1.29 is 35.5 Å². The molecule has 30 heavy (non-hydrogen) atoms. The molecule has 0 N–H and O–H groups in total. The molecule has 0 saturated carbocycles. The quantitative estimate of drug-likeness (QED) is 0.622. The monoisotopic (exact) mass is 439 g/mol. The summed E-state index contributed by atoms with van der Waals surface area (Å²) >= 11 is 0. The van der Waals surface area contributed by atoms with Gasteiger partial charge in [0.05, 0.1) is 17.5 Å². The first-order valence-corrected chi connectivity index (χ1v) is 8.80. The minimum absolute atomic E-state index is 0.214. The first-order valence-electron chi connectivity index (χ1n) is 8.80. The lowest BCUT2D eigenvalue weighted by Gasteiger charge is -2.21. The molecule has 1 amide bonds. The summed E-state index contributed by atoms with van der Waals surface area (Å²) in [5.41, 5.74) is -2.38. The summed E-state index contributed by atoms with van der Waals surface area (Å²) in [7, 11) is 1.48. The van der Waals surface area contributed by atoms with Gasteiger partial charge in [0.25, 0.3) is 5.91 Å². The lowest BCUT2D eigenvalue weighted by Crippen LogP contribution is -2.27. The van der Waals surface area contributed by atoms with Crippen LogP contribution in [0.15, 0.2) is 29.3 Å². The van der Waals surface area contributed by atoms with Gasteiger partial charge < -0.3 is 0 Å². The van der Waals surface area contributed by atoms with Crippen molar-refractivity contribution in [2.75, 3.05) is 0 Å². The van der Waals surface area contributed by atoms with Crippen molar-refractivity contribution in [3.8, 4) is 0 Å². The standard InChI is InChI=1S/C19H20F7N3O/c1-17(2,3)14-10-15(29(28(14)4)8-7-18(21,22)23)27-16(30)12-9-11(19(24,25)26)5-6-13(12)20/h5-6,9-10H,7-8H2,1-4H3. The summed E-state index contributed by atoms with van der Waals surface area (Å²) in [5.74, 6) is -2.55. The Kier molecular flexibility index (Phi) is 6.25. The number of carbonyl (C=O) groups is 1. The Morgan fingerprint density at radius 2 is 1.63 bits per heavy atom. The van der Waals surface area contributed by atoms with E-state index in [1.165, 1.54) is 17.8 Å². The molecule has 4 nitrogen and oxygen atoms in total. The van der Waals surface area contributed by atoms with Crippen molar-refractivity contribution in [2.45, 2.75) is 51.5 Å². The van der Waals surface area contributed by atoms with Crippen LogP contribution < -0.4 is 5.49 Å². The predicted octanol–water partition coefficient (Wildman–Crippen LogP) is 4.98. The Bertz CT molecular complexity index is 1010. The van der Waals surface area contributed by atoms with E-state index < -0.39 is 53.6 Å². The van der Waals surface area contributed by atoms with Crippen LogP contribution in [0.5, 0.6) is 0 Å². The third-order valence-electron chi connectivity index (χ3n) is 4.36. The van der Waals surface area contributed by atoms with E-state index in [1.807, 2.05) is 0 Å². The Morgan fingerprint density at radius 1 is 1.03 bits per heavy atom. The van der Waals surface area contributed by atoms with Gasteiger partial charge in [0.2, 0.25) is 0 Å². The highest BCUT2D eigenvalue weighted by atomic mass is 19.4. The molecule has 0 unspecified atom stereocenters. The molecule has 166 valence electrons. The number of halogens is 7. The summed E-state index contributed by atoms with van der Waals surface area (Å²) < 4.78 is 93.2. The minimum Gasteiger partial charge on any atom is -0.291 e. The van der Waals surface area contributed by atoms with Gasteiger partial charge in [-0.1, -0.05) is 20.8 Å². The number of carbonyl (C=O) groups excluding carboxylic acids is 1. The highest BCUT2D eigenvalue weighted by molar-refractivity contribution is 5.95. The highest BCUT2D eigenvalue weighted by Crippen LogP contribution is 2.30. The number of amides is 1. The van der Waals surface area contributed by atoms with Crippen molar-refractivity contribution in [1.82, 2.24) is 9.36 Å². The molecule has 1 aromatic carbocycles. The average molecular weight is 439 g/mol. The lowest BCUT2D eigenvalue weighted by molar-refractivity contribution is -0.138. The average Bonchev–Trinajstić information content (AvgIpc) is 2.87. The topological polar surface area (TPSA) is 39.3 Å². The summed E-state index contributed by atoms with van der Waals surface area (Å²) in [6.45, 7) is 4.78. The molecule has 0 spiro atoms. The normalized spacial score (nSPS) is 13.8. The summed E-state index contributed by atoms with van der Waals surface area (Å²) in [4.78, 5) is 16.1. The Hall–Kier alpha value is -2.59. The van der Waals surface area contributed by atoms with Gasteiger partial charge in [-0.15, -0.1) is 0 Å². The smallest absolute Gasteiger partial charge is 0.291 e. The van der Waals surface area contributed by atoms with Crippen LogP contribution in [0, 0.1) is 5.82 Å². The number of aromatic nitrogens is 2. The van der Waals surface area contributed by atoms with Crippen molar-refractivity contribution >= 4 is 5.91 Å². The van der Waals surface area contributed by atoms with E-state index in [-0.39, 0.29) is 5.49 Å². The molecule has 0 aliphatic rings. The number of alkyl halides is 6. The van der Waals surface area contributed by atoms with E-state index >= 15 is 0 Å². The van der Waals surface area contributed by atoms with Gasteiger partial charge in [-0.05, 0) is 18.2 Å². The second-order valence-corrected chi connectivity index (χ2v) is 7.76. The molecule has 2 rings (SSSR count). The van der Waals surface area contributed by atoms with Crippen molar-refractivity contribution in [3.05, 3.63) is 52.4 Å². The zero-order valence-corrected chi connectivity index (χ0v) is 16.6. The van der Waals surface area contributed by atoms with Gasteiger partial charge in [-0.25, -0.2) is 4.39 Å². The van der Waals surface area contributed by atoms with Gasteiger partial charge in [0, 0.05) is 30.8 Å². The van der Waals surface area contributed by atoms with Crippen LogP contribution in [-0.4, -0.2) is 21.4 Å². The first kappa shape index (κ1) is 23.7. The molecule has 0 aliphatic carbocycles. The van der Waals surface area contributed by atoms with Crippen molar-refractivity contribution in [1.29, 1.82) is 0 Å². The molecule has 0 fully saturated rings. The van der Waals surface area contributed by atoms with E-state index in [9.17, 15) is 35.5 Å². The van der Waals surface area contributed by atoms with E-state index in [4.69, 9.17) is 0 Å². The third-order valence-corrected chi connectivity index (χ3v) is 4.36. The number of benzene rings is 1. The fourth-order valence-electron chi connectivity index (χ4n) is 2.89. The molecular formula is C19H20F7N3O. The fourth-order valence-corrected chi connectivity index (χ4v) is 2.89. The van der Waals surface area contributed by atoms with Crippen LogP contribution in [0.1, 0.15) is 48.8 Å². The summed E-state index contributed by atoms with van der Waals surface area (Å²) in [6.07, 6.45) is -10.5. The maximum atomic E-state index is 14.0. The van der Waals surface area contributed by atoms with Gasteiger partial charge in [0.1, 0.15) is 5.82 Å². The number of rotatable bonds is 3. The number of hydrogen-bond donors (Lipinski definition) is 0. The van der Waals surface area contributed by atoms with Crippen molar-refractivity contribution in [2.24, 2.45) is 12.0 Å². The molecular weight excluding hydrogens is 419 g/mol. The zero-order chi connectivity index (χ0) is 23.1. The summed E-state index contributed by atoms with van der Waals surface area (Å²) in [6, 6.07) is 2.67. The molecule has 11 heteroatoms. The molecule has 1 heterocycles. The Morgan fingerprint density at radius 3 is 2.13 bits per heavy atom. The van der Waals surface area contributed by atoms with Crippen LogP contribution in [0.4, 0.5) is 30.7 Å². The maximum absolute atomic E-state index is 14.0. The van der Waals surface area contributed by atoms with Crippen LogP contribution in [-0.2, 0) is 25.2 Å². The van der Waals surface area contributed by atoms with E-state index in [0.717, 1.165) is 4.68 Å². The lowest BCUT2D eigenvalue weighted by atomic mass is 9.92. The van der Waals surface area contributed by atoms with E-state index in [1.54, 1.807) is 20.8 Å². The largest absolute Gasteiger partial charge is 0.416 e. The number of hydrogen-bond acceptors (Lipinski definition) is 1. The van der Waals surface area contributed by atoms with E-state index in [2.05, 4.69) is 4.99 Å². The predicted molar refractivity (Wildman–Crippen MR) is 94.1 cm³/mol.